The van der Waals surface area contributed by atoms with Crippen LogP contribution in [0.3, 0.4) is 0 Å². The minimum Gasteiger partial charge on any atom is -0.342 e. The van der Waals surface area contributed by atoms with Crippen molar-refractivity contribution in [2.45, 2.75) is 45.1 Å². The van der Waals surface area contributed by atoms with Crippen molar-refractivity contribution in [3.8, 4) is 0 Å². The average Bonchev–Trinajstić information content (AvgIpc) is 2.70. The molecule has 0 aliphatic carbocycles. The number of rotatable bonds is 2. The van der Waals surface area contributed by atoms with E-state index in [1.165, 1.54) is 0 Å². The fraction of sp³-hybridized carbons (Fsp3) is 0.571. The zero-order chi connectivity index (χ0) is 19.0. The van der Waals surface area contributed by atoms with Crippen LogP contribution in [0.25, 0.3) is 0 Å². The SMILES string of the molecule is CCN1CC2(CCC1=O)CCN(C(=O)[C@@H]1Cc3ccccc3C(=O)N1)CC2. The van der Waals surface area contributed by atoms with Gasteiger partial charge in [-0.3, -0.25) is 14.4 Å². The summed E-state index contributed by atoms with van der Waals surface area (Å²) < 4.78 is 0. The molecule has 0 saturated carbocycles. The highest BCUT2D eigenvalue weighted by molar-refractivity contribution is 6.00. The van der Waals surface area contributed by atoms with Gasteiger partial charge >= 0.3 is 0 Å². The maximum absolute atomic E-state index is 13.0. The Hall–Kier alpha value is -2.37. The minimum absolute atomic E-state index is 0.0203. The Morgan fingerprint density at radius 1 is 1.19 bits per heavy atom. The number of fused-ring (bicyclic) bond motifs is 1. The zero-order valence-electron chi connectivity index (χ0n) is 15.9. The van der Waals surface area contributed by atoms with Crippen LogP contribution in [0.4, 0.5) is 0 Å². The Balaban J connectivity index is 1.40. The maximum atomic E-state index is 13.0. The number of hydrogen-bond donors (Lipinski definition) is 1. The number of carbonyl (C=O) groups is 3. The second-order valence-electron chi connectivity index (χ2n) is 8.12. The van der Waals surface area contributed by atoms with E-state index < -0.39 is 6.04 Å². The smallest absolute Gasteiger partial charge is 0.252 e. The van der Waals surface area contributed by atoms with Crippen molar-refractivity contribution in [1.29, 1.82) is 0 Å². The van der Waals surface area contributed by atoms with Crippen molar-refractivity contribution in [3.63, 3.8) is 0 Å². The molecule has 3 aliphatic heterocycles. The van der Waals surface area contributed by atoms with Gasteiger partial charge in [0.25, 0.3) is 5.91 Å². The molecule has 2 fully saturated rings. The summed E-state index contributed by atoms with van der Waals surface area (Å²) in [4.78, 5) is 41.1. The highest BCUT2D eigenvalue weighted by atomic mass is 16.2. The van der Waals surface area contributed by atoms with Crippen LogP contribution >= 0.6 is 0 Å². The van der Waals surface area contributed by atoms with Crippen LogP contribution in [0.1, 0.15) is 48.5 Å². The molecular weight excluding hydrogens is 342 g/mol. The molecule has 1 atom stereocenters. The van der Waals surface area contributed by atoms with E-state index in [-0.39, 0.29) is 23.1 Å². The van der Waals surface area contributed by atoms with Crippen LogP contribution < -0.4 is 5.32 Å². The van der Waals surface area contributed by atoms with Crippen LogP contribution in [-0.4, -0.2) is 59.7 Å². The standard InChI is InChI=1S/C21H27N3O3/c1-2-23-14-21(8-7-18(23)25)9-11-24(12-10-21)20(27)17-13-15-5-3-4-6-16(15)19(26)22-17/h3-6,17H,2,7-14H2,1H3,(H,22,26)/t17-/m0/s1. The van der Waals surface area contributed by atoms with Crippen LogP contribution in [0.5, 0.6) is 0 Å². The third kappa shape index (κ3) is 3.33. The summed E-state index contributed by atoms with van der Waals surface area (Å²) in [5.74, 6) is 0.116. The van der Waals surface area contributed by atoms with Gasteiger partial charge in [0, 0.05) is 44.6 Å². The quantitative estimate of drug-likeness (QED) is 0.861. The lowest BCUT2D eigenvalue weighted by Crippen LogP contribution is -2.56. The summed E-state index contributed by atoms with van der Waals surface area (Å²) in [5.41, 5.74) is 1.77. The lowest BCUT2D eigenvalue weighted by Gasteiger charge is -2.47. The number of benzene rings is 1. The normalized spacial score (nSPS) is 24.6. The first-order chi connectivity index (χ1) is 13.0. The lowest BCUT2D eigenvalue weighted by atomic mass is 9.72. The first-order valence-corrected chi connectivity index (χ1v) is 9.97. The van der Waals surface area contributed by atoms with Crippen molar-refractivity contribution in [1.82, 2.24) is 15.1 Å². The highest BCUT2D eigenvalue weighted by Crippen LogP contribution is 2.40. The van der Waals surface area contributed by atoms with Crippen LogP contribution in [-0.2, 0) is 16.0 Å². The molecule has 1 spiro atoms. The number of hydrogen-bond acceptors (Lipinski definition) is 3. The Bertz CT molecular complexity index is 768. The second kappa shape index (κ2) is 6.98. The topological polar surface area (TPSA) is 69.7 Å². The number of carbonyl (C=O) groups excluding carboxylic acids is 3. The van der Waals surface area contributed by atoms with Crippen molar-refractivity contribution >= 4 is 17.7 Å². The number of nitrogens with one attached hydrogen (secondary N) is 1. The highest BCUT2D eigenvalue weighted by Gasteiger charge is 2.42. The Morgan fingerprint density at radius 3 is 2.67 bits per heavy atom. The first kappa shape index (κ1) is 18.0. The van der Waals surface area contributed by atoms with E-state index in [0.717, 1.165) is 37.9 Å². The van der Waals surface area contributed by atoms with Gasteiger partial charge in [-0.25, -0.2) is 0 Å². The summed E-state index contributed by atoms with van der Waals surface area (Å²) in [6.45, 7) is 5.02. The summed E-state index contributed by atoms with van der Waals surface area (Å²) in [6.07, 6.45) is 3.97. The molecule has 0 bridgehead atoms. The first-order valence-electron chi connectivity index (χ1n) is 9.97. The molecule has 144 valence electrons. The summed E-state index contributed by atoms with van der Waals surface area (Å²) in [7, 11) is 0. The van der Waals surface area contributed by atoms with Gasteiger partial charge in [0.15, 0.2) is 0 Å². The Labute approximate surface area is 159 Å². The van der Waals surface area contributed by atoms with Crippen molar-refractivity contribution in [2.24, 2.45) is 5.41 Å². The fourth-order valence-electron chi connectivity index (χ4n) is 4.80. The van der Waals surface area contributed by atoms with E-state index in [9.17, 15) is 14.4 Å². The van der Waals surface area contributed by atoms with Crippen molar-refractivity contribution < 1.29 is 14.4 Å². The predicted molar refractivity (Wildman–Crippen MR) is 101 cm³/mol. The van der Waals surface area contributed by atoms with Crippen LogP contribution in [0.2, 0.25) is 0 Å². The largest absolute Gasteiger partial charge is 0.342 e. The minimum atomic E-state index is -0.471. The summed E-state index contributed by atoms with van der Waals surface area (Å²) in [5, 5.41) is 2.88. The molecule has 0 aromatic heterocycles. The summed E-state index contributed by atoms with van der Waals surface area (Å²) >= 11 is 0. The molecule has 1 N–H and O–H groups in total. The van der Waals surface area contributed by atoms with E-state index in [0.29, 0.717) is 31.5 Å². The maximum Gasteiger partial charge on any atom is 0.252 e. The third-order valence-electron chi connectivity index (χ3n) is 6.56. The van der Waals surface area contributed by atoms with Crippen LogP contribution in [0, 0.1) is 5.41 Å². The molecule has 27 heavy (non-hydrogen) atoms. The van der Waals surface area contributed by atoms with Gasteiger partial charge < -0.3 is 15.1 Å². The van der Waals surface area contributed by atoms with Crippen molar-refractivity contribution in [2.75, 3.05) is 26.2 Å². The second-order valence-corrected chi connectivity index (χ2v) is 8.12. The number of piperidine rings is 2. The average molecular weight is 369 g/mol. The van der Waals surface area contributed by atoms with Crippen molar-refractivity contribution in [3.05, 3.63) is 35.4 Å². The van der Waals surface area contributed by atoms with E-state index in [4.69, 9.17) is 0 Å². The van der Waals surface area contributed by atoms with Gasteiger partial charge in [-0.1, -0.05) is 18.2 Å². The monoisotopic (exact) mass is 369 g/mol. The molecule has 4 rings (SSSR count). The number of nitrogens with zero attached hydrogens (tertiary/aromatic N) is 2. The van der Waals surface area contributed by atoms with E-state index in [1.807, 2.05) is 34.9 Å². The summed E-state index contributed by atoms with van der Waals surface area (Å²) in [6, 6.07) is 7.02. The Kier molecular flexibility index (Phi) is 4.66. The van der Waals surface area contributed by atoms with E-state index >= 15 is 0 Å². The molecule has 3 aliphatic rings. The number of amides is 3. The van der Waals surface area contributed by atoms with E-state index in [1.54, 1.807) is 6.07 Å². The lowest BCUT2D eigenvalue weighted by molar-refractivity contribution is -0.143. The van der Waals surface area contributed by atoms with Crippen LogP contribution in [0.15, 0.2) is 24.3 Å². The molecule has 3 heterocycles. The van der Waals surface area contributed by atoms with Gasteiger partial charge in [-0.2, -0.15) is 0 Å². The van der Waals surface area contributed by atoms with Gasteiger partial charge in [-0.05, 0) is 43.2 Å². The Morgan fingerprint density at radius 2 is 1.93 bits per heavy atom. The molecule has 6 nitrogen and oxygen atoms in total. The van der Waals surface area contributed by atoms with Gasteiger partial charge in [-0.15, -0.1) is 0 Å². The van der Waals surface area contributed by atoms with Gasteiger partial charge in [0.1, 0.15) is 6.04 Å². The predicted octanol–water partition coefficient (Wildman–Crippen LogP) is 1.59. The fourth-order valence-corrected chi connectivity index (χ4v) is 4.80. The molecule has 2 saturated heterocycles. The molecular formula is C21H27N3O3. The molecule has 6 heteroatoms. The molecule has 1 aromatic rings. The zero-order valence-corrected chi connectivity index (χ0v) is 15.9. The molecule has 3 amide bonds. The van der Waals surface area contributed by atoms with Gasteiger partial charge in [0.05, 0.1) is 0 Å². The van der Waals surface area contributed by atoms with Gasteiger partial charge in [0.2, 0.25) is 11.8 Å². The third-order valence-corrected chi connectivity index (χ3v) is 6.56. The molecule has 0 radical (unpaired) electrons. The van der Waals surface area contributed by atoms with E-state index in [2.05, 4.69) is 5.32 Å². The molecule has 1 aromatic carbocycles. The number of likely N-dealkylation sites (tertiary alicyclic amines) is 2. The molecule has 0 unspecified atom stereocenters.